The summed E-state index contributed by atoms with van der Waals surface area (Å²) in [5, 5.41) is 13.0. The fourth-order valence-electron chi connectivity index (χ4n) is 2.91. The molecule has 124 valence electrons. The number of ether oxygens (including phenoxy) is 1. The first-order valence-corrected chi connectivity index (χ1v) is 7.72. The minimum atomic E-state index is -0.494. The van der Waals surface area contributed by atoms with Crippen molar-refractivity contribution in [1.29, 1.82) is 0 Å². The fraction of sp³-hybridized carbons (Fsp3) is 0.933. The Hall–Kier alpha value is -0.850. The first-order valence-electron chi connectivity index (χ1n) is 7.72. The van der Waals surface area contributed by atoms with Crippen LogP contribution in [0.5, 0.6) is 0 Å². The summed E-state index contributed by atoms with van der Waals surface area (Å²) in [6, 6.07) is 0. The van der Waals surface area contributed by atoms with Gasteiger partial charge >= 0.3 is 6.09 Å². The zero-order valence-electron chi connectivity index (χ0n) is 13.8. The highest BCUT2D eigenvalue weighted by Crippen LogP contribution is 2.34. The van der Waals surface area contributed by atoms with Gasteiger partial charge in [0.25, 0.3) is 0 Å². The predicted molar refractivity (Wildman–Crippen MR) is 83.1 cm³/mol. The van der Waals surface area contributed by atoms with Gasteiger partial charge in [-0.1, -0.05) is 0 Å². The van der Waals surface area contributed by atoms with E-state index in [-0.39, 0.29) is 11.5 Å². The van der Waals surface area contributed by atoms with Crippen LogP contribution in [0, 0.1) is 5.41 Å². The van der Waals surface area contributed by atoms with Crippen LogP contribution in [-0.4, -0.2) is 61.0 Å². The lowest BCUT2D eigenvalue weighted by molar-refractivity contribution is -0.00539. The number of amides is 1. The van der Waals surface area contributed by atoms with Gasteiger partial charge in [0.15, 0.2) is 0 Å². The highest BCUT2D eigenvalue weighted by Gasteiger charge is 2.38. The number of nitrogens with one attached hydrogen (secondary N) is 1. The quantitative estimate of drug-likeness (QED) is 0.703. The molecule has 6 heteroatoms. The van der Waals surface area contributed by atoms with Gasteiger partial charge in [-0.2, -0.15) is 0 Å². The lowest BCUT2D eigenvalue weighted by Gasteiger charge is -2.43. The molecule has 0 aromatic heterocycles. The van der Waals surface area contributed by atoms with Crippen LogP contribution in [0.15, 0.2) is 0 Å². The minimum absolute atomic E-state index is 0.217. The second kappa shape index (κ2) is 7.42. The number of nitrogens with two attached hydrogens (primary N) is 1. The van der Waals surface area contributed by atoms with Crippen LogP contribution in [0.25, 0.3) is 0 Å². The van der Waals surface area contributed by atoms with E-state index in [4.69, 9.17) is 10.5 Å². The van der Waals surface area contributed by atoms with Crippen molar-refractivity contribution in [2.75, 3.05) is 33.2 Å². The SMILES string of the molecule is CNC[C@@H](O)C[C@]1(CN)CCCN(C(=O)OC(C)(C)C)C1. The van der Waals surface area contributed by atoms with E-state index < -0.39 is 11.7 Å². The van der Waals surface area contributed by atoms with Gasteiger partial charge in [-0.25, -0.2) is 4.79 Å². The van der Waals surface area contributed by atoms with E-state index in [0.717, 1.165) is 12.8 Å². The summed E-state index contributed by atoms with van der Waals surface area (Å²) in [4.78, 5) is 13.9. The molecule has 2 atom stereocenters. The fourth-order valence-corrected chi connectivity index (χ4v) is 2.91. The Labute approximate surface area is 128 Å². The summed E-state index contributed by atoms with van der Waals surface area (Å²) in [5.41, 5.74) is 5.25. The van der Waals surface area contributed by atoms with Gasteiger partial charge < -0.3 is 25.8 Å². The largest absolute Gasteiger partial charge is 0.444 e. The Morgan fingerprint density at radius 2 is 2.19 bits per heavy atom. The molecule has 0 aliphatic carbocycles. The van der Waals surface area contributed by atoms with Crippen molar-refractivity contribution in [2.24, 2.45) is 11.1 Å². The lowest BCUT2D eigenvalue weighted by atomic mass is 9.75. The van der Waals surface area contributed by atoms with Crippen LogP contribution in [0.1, 0.15) is 40.0 Å². The maximum absolute atomic E-state index is 12.2. The summed E-state index contributed by atoms with van der Waals surface area (Å²) in [6.45, 7) is 7.84. The second-order valence-electron chi connectivity index (χ2n) is 7.13. The van der Waals surface area contributed by atoms with Gasteiger partial charge in [-0.05, 0) is 53.6 Å². The van der Waals surface area contributed by atoms with E-state index >= 15 is 0 Å². The molecule has 1 fully saturated rings. The molecule has 0 bridgehead atoms. The van der Waals surface area contributed by atoms with Crippen molar-refractivity contribution in [3.63, 3.8) is 0 Å². The third kappa shape index (κ3) is 5.80. The van der Waals surface area contributed by atoms with Gasteiger partial charge in [0, 0.05) is 25.0 Å². The van der Waals surface area contributed by atoms with E-state index in [9.17, 15) is 9.90 Å². The number of aliphatic hydroxyl groups excluding tert-OH is 1. The summed E-state index contributed by atoms with van der Waals surface area (Å²) in [5.74, 6) is 0. The normalized spacial score (nSPS) is 24.8. The number of likely N-dealkylation sites (N-methyl/N-ethyl adjacent to an activating group) is 1. The molecule has 0 aromatic rings. The zero-order valence-corrected chi connectivity index (χ0v) is 13.8. The highest BCUT2D eigenvalue weighted by atomic mass is 16.6. The smallest absolute Gasteiger partial charge is 0.410 e. The molecule has 4 N–H and O–H groups in total. The Balaban J connectivity index is 2.69. The number of hydrogen-bond donors (Lipinski definition) is 3. The lowest BCUT2D eigenvalue weighted by Crippen LogP contribution is -2.52. The number of aliphatic hydroxyl groups is 1. The molecule has 1 rings (SSSR count). The summed E-state index contributed by atoms with van der Waals surface area (Å²) < 4.78 is 5.44. The average Bonchev–Trinajstić information content (AvgIpc) is 2.37. The number of likely N-dealkylation sites (tertiary alicyclic amines) is 1. The van der Waals surface area contributed by atoms with Crippen molar-refractivity contribution in [3.05, 3.63) is 0 Å². The van der Waals surface area contributed by atoms with Gasteiger partial charge in [-0.3, -0.25) is 0 Å². The van der Waals surface area contributed by atoms with Crippen LogP contribution >= 0.6 is 0 Å². The monoisotopic (exact) mass is 301 g/mol. The van der Waals surface area contributed by atoms with Crippen molar-refractivity contribution in [1.82, 2.24) is 10.2 Å². The van der Waals surface area contributed by atoms with Crippen molar-refractivity contribution >= 4 is 6.09 Å². The number of hydrogen-bond acceptors (Lipinski definition) is 5. The molecular weight excluding hydrogens is 270 g/mol. The number of carbonyl (C=O) groups is 1. The summed E-state index contributed by atoms with van der Waals surface area (Å²) >= 11 is 0. The third-order valence-electron chi connectivity index (χ3n) is 3.85. The molecule has 21 heavy (non-hydrogen) atoms. The second-order valence-corrected chi connectivity index (χ2v) is 7.13. The molecule has 0 spiro atoms. The first-order chi connectivity index (χ1) is 9.71. The Kier molecular flexibility index (Phi) is 6.43. The highest BCUT2D eigenvalue weighted by molar-refractivity contribution is 5.68. The maximum atomic E-state index is 12.2. The minimum Gasteiger partial charge on any atom is -0.444 e. The molecule has 1 aliphatic rings. The molecule has 0 radical (unpaired) electrons. The van der Waals surface area contributed by atoms with E-state index in [2.05, 4.69) is 5.32 Å². The summed E-state index contributed by atoms with van der Waals surface area (Å²) in [7, 11) is 1.81. The van der Waals surface area contributed by atoms with Crippen LogP contribution < -0.4 is 11.1 Å². The number of carbonyl (C=O) groups excluding carboxylic acids is 1. The van der Waals surface area contributed by atoms with Crippen LogP contribution in [0.4, 0.5) is 4.79 Å². The van der Waals surface area contributed by atoms with Crippen molar-refractivity contribution in [3.8, 4) is 0 Å². The number of piperidine rings is 1. The Morgan fingerprint density at radius 3 is 2.71 bits per heavy atom. The molecule has 1 amide bonds. The molecular formula is C15H31N3O3. The van der Waals surface area contributed by atoms with E-state index in [1.54, 1.807) is 4.90 Å². The topological polar surface area (TPSA) is 87.8 Å². The molecule has 1 heterocycles. The van der Waals surface area contributed by atoms with Gasteiger partial charge in [0.05, 0.1) is 6.10 Å². The van der Waals surface area contributed by atoms with Gasteiger partial charge in [0.2, 0.25) is 0 Å². The van der Waals surface area contributed by atoms with Crippen molar-refractivity contribution in [2.45, 2.75) is 51.7 Å². The van der Waals surface area contributed by atoms with Gasteiger partial charge in [0.1, 0.15) is 5.60 Å². The molecule has 6 nitrogen and oxygen atoms in total. The van der Waals surface area contributed by atoms with Crippen LogP contribution in [0.3, 0.4) is 0 Å². The molecule has 0 aromatic carbocycles. The standard InChI is InChI=1S/C15H31N3O3/c1-14(2,3)21-13(20)18-7-5-6-15(10-16,11-18)8-12(19)9-17-4/h12,17,19H,5-11,16H2,1-4H3/t12-,15-/m0/s1. The van der Waals surface area contributed by atoms with E-state index in [0.29, 0.717) is 32.6 Å². The third-order valence-corrected chi connectivity index (χ3v) is 3.85. The molecule has 1 saturated heterocycles. The zero-order chi connectivity index (χ0) is 16.1. The van der Waals surface area contributed by atoms with Crippen LogP contribution in [0.2, 0.25) is 0 Å². The molecule has 0 saturated carbocycles. The Morgan fingerprint density at radius 1 is 1.52 bits per heavy atom. The molecule has 1 aliphatic heterocycles. The number of rotatable bonds is 5. The number of nitrogens with zero attached hydrogens (tertiary/aromatic N) is 1. The van der Waals surface area contributed by atoms with E-state index in [1.807, 2.05) is 27.8 Å². The van der Waals surface area contributed by atoms with E-state index in [1.165, 1.54) is 0 Å². The molecule has 0 unspecified atom stereocenters. The van der Waals surface area contributed by atoms with Gasteiger partial charge in [-0.15, -0.1) is 0 Å². The summed E-state index contributed by atoms with van der Waals surface area (Å²) in [6.07, 6.45) is 1.69. The average molecular weight is 301 g/mol. The maximum Gasteiger partial charge on any atom is 0.410 e. The van der Waals surface area contributed by atoms with Crippen LogP contribution in [-0.2, 0) is 4.74 Å². The van der Waals surface area contributed by atoms with Crippen molar-refractivity contribution < 1.29 is 14.6 Å². The predicted octanol–water partition coefficient (Wildman–Crippen LogP) is 0.933. The first kappa shape index (κ1) is 18.2. The Bertz CT molecular complexity index is 344.